The first kappa shape index (κ1) is 13.9. The Morgan fingerprint density at radius 2 is 2.24 bits per heavy atom. The van der Waals surface area contributed by atoms with E-state index in [1.54, 1.807) is 6.21 Å². The van der Waals surface area contributed by atoms with Gasteiger partial charge in [-0.25, -0.2) is 0 Å². The molecule has 4 nitrogen and oxygen atoms in total. The lowest BCUT2D eigenvalue weighted by molar-refractivity contribution is 0.102. The summed E-state index contributed by atoms with van der Waals surface area (Å²) in [6.45, 7) is 0.912. The summed E-state index contributed by atoms with van der Waals surface area (Å²) < 4.78 is 0. The summed E-state index contributed by atoms with van der Waals surface area (Å²) in [4.78, 5) is 18.8. The summed E-state index contributed by atoms with van der Waals surface area (Å²) in [6, 6.07) is 11.5. The van der Waals surface area contributed by atoms with E-state index in [1.807, 2.05) is 30.3 Å². The van der Waals surface area contributed by atoms with E-state index in [9.17, 15) is 10.1 Å². The third-order valence-electron chi connectivity index (χ3n) is 3.64. The van der Waals surface area contributed by atoms with Crippen molar-refractivity contribution in [2.24, 2.45) is 4.99 Å². The van der Waals surface area contributed by atoms with E-state index >= 15 is 0 Å². The van der Waals surface area contributed by atoms with Gasteiger partial charge in [0.05, 0.1) is 16.4 Å². The summed E-state index contributed by atoms with van der Waals surface area (Å²) in [5.41, 5.74) is 1.28. The molecule has 3 rings (SSSR count). The molecule has 0 N–H and O–H groups in total. The molecular formula is C16H15N3OS. The maximum absolute atomic E-state index is 12.2. The monoisotopic (exact) mass is 297 g/mol. The second-order valence-corrected chi connectivity index (χ2v) is 5.97. The smallest absolute Gasteiger partial charge is 0.173 e. The Morgan fingerprint density at radius 3 is 3.00 bits per heavy atom. The van der Waals surface area contributed by atoms with Gasteiger partial charge in [0.25, 0.3) is 0 Å². The van der Waals surface area contributed by atoms with Crippen LogP contribution in [0, 0.1) is 11.3 Å². The number of carbonyl (C=O) groups is 1. The zero-order chi connectivity index (χ0) is 14.7. The summed E-state index contributed by atoms with van der Waals surface area (Å²) >= 11 is 1.45. The molecule has 0 spiro atoms. The van der Waals surface area contributed by atoms with Gasteiger partial charge in [0.15, 0.2) is 5.78 Å². The highest BCUT2D eigenvalue weighted by Crippen LogP contribution is 2.34. The minimum absolute atomic E-state index is 0.0867. The maximum atomic E-state index is 12.2. The quantitative estimate of drug-likeness (QED) is 0.802. The Bertz CT molecular complexity index is 645. The molecule has 1 fully saturated rings. The van der Waals surface area contributed by atoms with E-state index in [0.717, 1.165) is 24.4 Å². The number of rotatable bonds is 4. The first-order valence-electron chi connectivity index (χ1n) is 6.95. The van der Waals surface area contributed by atoms with Crippen molar-refractivity contribution in [3.63, 3.8) is 0 Å². The lowest BCUT2D eigenvalue weighted by Crippen LogP contribution is -2.30. The Kier molecular flexibility index (Phi) is 4.07. The van der Waals surface area contributed by atoms with Crippen molar-refractivity contribution in [1.82, 2.24) is 4.90 Å². The van der Waals surface area contributed by atoms with E-state index in [2.05, 4.69) is 16.0 Å². The molecule has 2 heterocycles. The number of carbonyl (C=O) groups excluding carboxylic acids is 1. The van der Waals surface area contributed by atoms with Gasteiger partial charge in [-0.05, 0) is 12.8 Å². The first-order chi connectivity index (χ1) is 10.3. The van der Waals surface area contributed by atoms with E-state index in [1.165, 1.54) is 11.8 Å². The van der Waals surface area contributed by atoms with Gasteiger partial charge in [-0.1, -0.05) is 42.1 Å². The SMILES string of the molecule is N#CC1=C(SCC(=O)c2ccccc2)N2CCCC2N=C1. The van der Waals surface area contributed by atoms with Gasteiger partial charge < -0.3 is 4.90 Å². The normalized spacial score (nSPS) is 20.3. The van der Waals surface area contributed by atoms with Crippen LogP contribution in [-0.2, 0) is 0 Å². The van der Waals surface area contributed by atoms with Gasteiger partial charge in [-0.3, -0.25) is 9.79 Å². The van der Waals surface area contributed by atoms with Gasteiger partial charge in [-0.2, -0.15) is 5.26 Å². The Hall–Kier alpha value is -2.06. The molecule has 1 aromatic rings. The molecule has 1 saturated heterocycles. The van der Waals surface area contributed by atoms with Crippen molar-refractivity contribution in [3.05, 3.63) is 46.5 Å². The zero-order valence-corrected chi connectivity index (χ0v) is 12.3. The molecule has 1 unspecified atom stereocenters. The molecule has 0 aromatic heterocycles. The Labute approximate surface area is 128 Å². The number of nitrogens with zero attached hydrogens (tertiary/aromatic N) is 3. The van der Waals surface area contributed by atoms with Crippen molar-refractivity contribution in [2.75, 3.05) is 12.3 Å². The van der Waals surface area contributed by atoms with Crippen molar-refractivity contribution >= 4 is 23.8 Å². The number of Topliss-reactive ketones (excluding diaryl/α,β-unsaturated/α-hetero) is 1. The Morgan fingerprint density at radius 1 is 1.43 bits per heavy atom. The van der Waals surface area contributed by atoms with Crippen LogP contribution in [0.1, 0.15) is 23.2 Å². The van der Waals surface area contributed by atoms with Crippen LogP contribution in [-0.4, -0.2) is 35.4 Å². The van der Waals surface area contributed by atoms with Gasteiger partial charge in [0, 0.05) is 18.3 Å². The van der Waals surface area contributed by atoms with Crippen LogP contribution in [0.3, 0.4) is 0 Å². The maximum Gasteiger partial charge on any atom is 0.173 e. The first-order valence-corrected chi connectivity index (χ1v) is 7.93. The second kappa shape index (κ2) is 6.15. The zero-order valence-electron chi connectivity index (χ0n) is 11.5. The van der Waals surface area contributed by atoms with Crippen LogP contribution in [0.25, 0.3) is 0 Å². The van der Waals surface area contributed by atoms with Crippen LogP contribution in [0.5, 0.6) is 0 Å². The molecule has 0 saturated carbocycles. The van der Waals surface area contributed by atoms with Gasteiger partial charge in [-0.15, -0.1) is 0 Å². The van der Waals surface area contributed by atoms with Gasteiger partial charge in [0.2, 0.25) is 0 Å². The van der Waals surface area contributed by atoms with Crippen molar-refractivity contribution in [2.45, 2.75) is 19.0 Å². The third kappa shape index (κ3) is 2.86. The average Bonchev–Trinajstić information content (AvgIpc) is 3.01. The fraction of sp³-hybridized carbons (Fsp3) is 0.312. The van der Waals surface area contributed by atoms with Gasteiger partial charge >= 0.3 is 0 Å². The molecule has 2 aliphatic rings. The highest BCUT2D eigenvalue weighted by atomic mass is 32.2. The van der Waals surface area contributed by atoms with Crippen LogP contribution in [0.2, 0.25) is 0 Å². The van der Waals surface area contributed by atoms with Crippen LogP contribution >= 0.6 is 11.8 Å². The summed E-state index contributed by atoms with van der Waals surface area (Å²) in [5, 5.41) is 10.1. The number of allylic oxidation sites excluding steroid dienone is 1. The number of aliphatic imine (C=N–C) groups is 1. The highest BCUT2D eigenvalue weighted by Gasteiger charge is 2.30. The van der Waals surface area contributed by atoms with E-state index < -0.39 is 0 Å². The number of thioether (sulfide) groups is 1. The number of ketones is 1. The predicted molar refractivity (Wildman–Crippen MR) is 84.1 cm³/mol. The fourth-order valence-electron chi connectivity index (χ4n) is 2.59. The van der Waals surface area contributed by atoms with Crippen LogP contribution < -0.4 is 0 Å². The lowest BCUT2D eigenvalue weighted by atomic mass is 10.2. The largest absolute Gasteiger partial charge is 0.343 e. The standard InChI is InChI=1S/C16H15N3OS/c17-9-13-10-18-15-7-4-8-19(15)16(13)21-11-14(20)12-5-2-1-3-6-12/h1-3,5-6,10,15H,4,7-8,11H2. The molecule has 21 heavy (non-hydrogen) atoms. The van der Waals surface area contributed by atoms with E-state index in [4.69, 9.17) is 0 Å². The molecule has 1 atom stereocenters. The number of benzene rings is 1. The Balaban J connectivity index is 1.74. The molecule has 0 amide bonds. The molecule has 0 bridgehead atoms. The van der Waals surface area contributed by atoms with Crippen molar-refractivity contribution < 1.29 is 4.79 Å². The van der Waals surface area contributed by atoms with E-state index in [-0.39, 0.29) is 11.9 Å². The van der Waals surface area contributed by atoms with Gasteiger partial charge in [0.1, 0.15) is 12.2 Å². The van der Waals surface area contributed by atoms with E-state index in [0.29, 0.717) is 16.9 Å². The van der Waals surface area contributed by atoms with Crippen molar-refractivity contribution in [1.29, 1.82) is 5.26 Å². The number of hydrogen-bond acceptors (Lipinski definition) is 5. The number of hydrogen-bond donors (Lipinski definition) is 0. The molecule has 0 radical (unpaired) electrons. The molecule has 0 aliphatic carbocycles. The van der Waals surface area contributed by atoms with Crippen LogP contribution in [0.15, 0.2) is 45.9 Å². The lowest BCUT2D eigenvalue weighted by Gasteiger charge is -2.29. The predicted octanol–water partition coefficient (Wildman–Crippen LogP) is 2.84. The average molecular weight is 297 g/mol. The minimum Gasteiger partial charge on any atom is -0.343 e. The van der Waals surface area contributed by atoms with Crippen molar-refractivity contribution in [3.8, 4) is 6.07 Å². The number of fused-ring (bicyclic) bond motifs is 1. The topological polar surface area (TPSA) is 56.5 Å². The summed E-state index contributed by atoms with van der Waals surface area (Å²) in [6.07, 6.45) is 3.90. The number of nitriles is 1. The molecular weight excluding hydrogens is 282 g/mol. The molecule has 5 heteroatoms. The third-order valence-corrected chi connectivity index (χ3v) is 4.78. The fourth-order valence-corrected chi connectivity index (χ4v) is 3.66. The summed E-state index contributed by atoms with van der Waals surface area (Å²) in [7, 11) is 0. The molecule has 106 valence electrons. The minimum atomic E-state index is 0.0867. The summed E-state index contributed by atoms with van der Waals surface area (Å²) in [5.74, 6) is 0.436. The highest BCUT2D eigenvalue weighted by molar-refractivity contribution is 8.03. The molecule has 2 aliphatic heterocycles. The second-order valence-electron chi connectivity index (χ2n) is 5.00. The molecule has 1 aromatic carbocycles. The van der Waals surface area contributed by atoms with Crippen LogP contribution in [0.4, 0.5) is 0 Å².